The molecule has 0 saturated carbocycles. The summed E-state index contributed by atoms with van der Waals surface area (Å²) in [4.78, 5) is 17.5. The Bertz CT molecular complexity index is 948. The minimum Gasteiger partial charge on any atom is -0.444 e. The predicted molar refractivity (Wildman–Crippen MR) is 123 cm³/mol. The first kappa shape index (κ1) is 22.8. The number of piperidine rings is 1. The van der Waals surface area contributed by atoms with E-state index in [4.69, 9.17) is 16.0 Å². The Kier molecular flexibility index (Phi) is 7.35. The summed E-state index contributed by atoms with van der Waals surface area (Å²) >= 11 is 0. The fourth-order valence-corrected chi connectivity index (χ4v) is 3.82. The van der Waals surface area contributed by atoms with E-state index in [9.17, 15) is 4.79 Å². The van der Waals surface area contributed by atoms with E-state index in [1.807, 2.05) is 45.0 Å². The Morgan fingerprint density at radius 2 is 1.87 bits per heavy atom. The largest absolute Gasteiger partial charge is 0.444 e. The maximum atomic E-state index is 12.2. The highest BCUT2D eigenvalue weighted by Crippen LogP contribution is 2.27. The second kappa shape index (κ2) is 9.98. The SMILES string of the molecule is [C-]#[N+]c1cccc(-c2cc(C)cc(COCC3CCN(C(=O)OC(C)(C)C)CC3)c2)c1. The van der Waals surface area contributed by atoms with E-state index >= 15 is 0 Å². The molecule has 1 amide bonds. The molecule has 3 rings (SSSR count). The quantitative estimate of drug-likeness (QED) is 0.527. The lowest BCUT2D eigenvalue weighted by Gasteiger charge is -2.33. The van der Waals surface area contributed by atoms with Crippen LogP contribution in [-0.2, 0) is 16.1 Å². The smallest absolute Gasteiger partial charge is 0.410 e. The summed E-state index contributed by atoms with van der Waals surface area (Å²) < 4.78 is 11.5. The Morgan fingerprint density at radius 1 is 1.13 bits per heavy atom. The average Bonchev–Trinajstić information content (AvgIpc) is 2.72. The summed E-state index contributed by atoms with van der Waals surface area (Å²) in [7, 11) is 0. The summed E-state index contributed by atoms with van der Waals surface area (Å²) in [5.74, 6) is 0.457. The number of hydrogen-bond acceptors (Lipinski definition) is 3. The normalized spacial score (nSPS) is 14.9. The van der Waals surface area contributed by atoms with Crippen molar-refractivity contribution in [3.8, 4) is 11.1 Å². The maximum absolute atomic E-state index is 12.2. The highest BCUT2D eigenvalue weighted by atomic mass is 16.6. The van der Waals surface area contributed by atoms with Crippen LogP contribution < -0.4 is 0 Å². The number of carbonyl (C=O) groups is 1. The van der Waals surface area contributed by atoms with Gasteiger partial charge in [0.15, 0.2) is 5.69 Å². The van der Waals surface area contributed by atoms with Crippen LogP contribution in [-0.4, -0.2) is 36.3 Å². The monoisotopic (exact) mass is 420 g/mol. The summed E-state index contributed by atoms with van der Waals surface area (Å²) in [5.41, 5.74) is 4.66. The molecule has 0 unspecified atom stereocenters. The van der Waals surface area contributed by atoms with Gasteiger partial charge in [0, 0.05) is 19.7 Å². The van der Waals surface area contributed by atoms with Crippen molar-refractivity contribution in [3.05, 3.63) is 65.0 Å². The molecule has 164 valence electrons. The van der Waals surface area contributed by atoms with Crippen molar-refractivity contribution in [2.45, 2.75) is 52.7 Å². The van der Waals surface area contributed by atoms with E-state index in [1.54, 1.807) is 4.90 Å². The van der Waals surface area contributed by atoms with Crippen molar-refractivity contribution in [1.29, 1.82) is 0 Å². The number of nitrogens with zero attached hydrogens (tertiary/aromatic N) is 2. The Morgan fingerprint density at radius 3 is 2.55 bits per heavy atom. The van der Waals surface area contributed by atoms with Crippen LogP contribution in [0.25, 0.3) is 16.0 Å². The lowest BCUT2D eigenvalue weighted by molar-refractivity contribution is 0.0105. The molecule has 0 bridgehead atoms. The summed E-state index contributed by atoms with van der Waals surface area (Å²) in [6, 6.07) is 14.1. The van der Waals surface area contributed by atoms with E-state index in [0.717, 1.165) is 42.6 Å². The van der Waals surface area contributed by atoms with E-state index in [2.05, 4.69) is 30.0 Å². The first-order valence-electron chi connectivity index (χ1n) is 10.9. The van der Waals surface area contributed by atoms with Gasteiger partial charge in [-0.05, 0) is 75.3 Å². The van der Waals surface area contributed by atoms with Gasteiger partial charge >= 0.3 is 6.09 Å². The molecule has 0 radical (unpaired) electrons. The van der Waals surface area contributed by atoms with Crippen LogP contribution in [0.1, 0.15) is 44.7 Å². The molecule has 1 aliphatic heterocycles. The van der Waals surface area contributed by atoms with Crippen molar-refractivity contribution >= 4 is 11.8 Å². The standard InChI is InChI=1S/C26H32N2O3/c1-19-13-21(15-23(14-19)22-7-6-8-24(16-22)27-5)18-30-17-20-9-11-28(12-10-20)25(29)31-26(2,3)4/h6-8,13-16,20H,9-12,17-18H2,1-4H3. The number of carbonyl (C=O) groups excluding carboxylic acids is 1. The molecular formula is C26H32N2O3. The molecule has 0 N–H and O–H groups in total. The fraction of sp³-hybridized carbons (Fsp3) is 0.462. The number of aryl methyl sites for hydroxylation is 1. The molecule has 0 aliphatic carbocycles. The Labute approximate surface area is 185 Å². The van der Waals surface area contributed by atoms with Gasteiger partial charge in [-0.15, -0.1) is 0 Å². The fourth-order valence-electron chi connectivity index (χ4n) is 3.82. The van der Waals surface area contributed by atoms with Crippen molar-refractivity contribution in [2.24, 2.45) is 5.92 Å². The first-order valence-corrected chi connectivity index (χ1v) is 10.9. The molecule has 5 nitrogen and oxygen atoms in total. The van der Waals surface area contributed by atoms with Gasteiger partial charge in [-0.3, -0.25) is 0 Å². The highest BCUT2D eigenvalue weighted by molar-refractivity contribution is 5.69. The molecule has 1 saturated heterocycles. The van der Waals surface area contributed by atoms with Gasteiger partial charge in [0.25, 0.3) is 0 Å². The summed E-state index contributed by atoms with van der Waals surface area (Å²) in [5, 5.41) is 0. The third-order valence-corrected chi connectivity index (χ3v) is 5.33. The van der Waals surface area contributed by atoms with Gasteiger partial charge in [0.1, 0.15) is 5.60 Å². The maximum Gasteiger partial charge on any atom is 0.410 e. The third-order valence-electron chi connectivity index (χ3n) is 5.33. The van der Waals surface area contributed by atoms with Crippen molar-refractivity contribution in [1.82, 2.24) is 4.90 Å². The van der Waals surface area contributed by atoms with Crippen LogP contribution in [0.4, 0.5) is 10.5 Å². The number of rotatable bonds is 5. The zero-order chi connectivity index (χ0) is 22.4. The number of likely N-dealkylation sites (tertiary alicyclic amines) is 1. The molecule has 1 fully saturated rings. The molecule has 0 spiro atoms. The topological polar surface area (TPSA) is 43.1 Å². The van der Waals surface area contributed by atoms with Crippen LogP contribution in [0.3, 0.4) is 0 Å². The molecule has 2 aromatic rings. The first-order chi connectivity index (χ1) is 14.7. The number of ether oxygens (including phenoxy) is 2. The Hall–Kier alpha value is -2.84. The molecule has 0 atom stereocenters. The number of hydrogen-bond donors (Lipinski definition) is 0. The van der Waals surface area contributed by atoms with Crippen molar-refractivity contribution in [2.75, 3.05) is 19.7 Å². The summed E-state index contributed by atoms with van der Waals surface area (Å²) in [6.45, 7) is 17.7. The molecule has 1 heterocycles. The third kappa shape index (κ3) is 6.83. The second-order valence-corrected chi connectivity index (χ2v) is 9.30. The van der Waals surface area contributed by atoms with Crippen LogP contribution >= 0.6 is 0 Å². The zero-order valence-electron chi connectivity index (χ0n) is 19.0. The van der Waals surface area contributed by atoms with Gasteiger partial charge in [0.2, 0.25) is 0 Å². The van der Waals surface area contributed by atoms with Crippen LogP contribution in [0.15, 0.2) is 42.5 Å². The van der Waals surface area contributed by atoms with Crippen molar-refractivity contribution in [3.63, 3.8) is 0 Å². The molecular weight excluding hydrogens is 388 g/mol. The van der Waals surface area contributed by atoms with Crippen LogP contribution in [0.2, 0.25) is 0 Å². The van der Waals surface area contributed by atoms with Crippen molar-refractivity contribution < 1.29 is 14.3 Å². The number of amides is 1. The molecule has 31 heavy (non-hydrogen) atoms. The van der Waals surface area contributed by atoms with Gasteiger partial charge in [0.05, 0.1) is 13.2 Å². The highest BCUT2D eigenvalue weighted by Gasteiger charge is 2.26. The van der Waals surface area contributed by atoms with E-state index in [1.165, 1.54) is 5.56 Å². The predicted octanol–water partition coefficient (Wildman–Crippen LogP) is 6.38. The molecule has 5 heteroatoms. The van der Waals surface area contributed by atoms with Gasteiger partial charge in [-0.25, -0.2) is 9.64 Å². The van der Waals surface area contributed by atoms with Gasteiger partial charge < -0.3 is 14.4 Å². The van der Waals surface area contributed by atoms with E-state index < -0.39 is 5.60 Å². The number of benzene rings is 2. The second-order valence-electron chi connectivity index (χ2n) is 9.30. The molecule has 2 aromatic carbocycles. The lowest BCUT2D eigenvalue weighted by Crippen LogP contribution is -2.42. The zero-order valence-corrected chi connectivity index (χ0v) is 19.0. The molecule has 0 aromatic heterocycles. The minimum absolute atomic E-state index is 0.221. The van der Waals surface area contributed by atoms with Crippen LogP contribution in [0, 0.1) is 19.4 Å². The van der Waals surface area contributed by atoms with Gasteiger partial charge in [-0.1, -0.05) is 35.9 Å². The Balaban J connectivity index is 1.51. The van der Waals surface area contributed by atoms with Crippen LogP contribution in [0.5, 0.6) is 0 Å². The molecule has 1 aliphatic rings. The van der Waals surface area contributed by atoms with E-state index in [0.29, 0.717) is 24.8 Å². The average molecular weight is 421 g/mol. The lowest BCUT2D eigenvalue weighted by atomic mass is 9.98. The summed E-state index contributed by atoms with van der Waals surface area (Å²) in [6.07, 6.45) is 1.64. The van der Waals surface area contributed by atoms with E-state index in [-0.39, 0.29) is 6.09 Å². The minimum atomic E-state index is -0.457. The van der Waals surface area contributed by atoms with Gasteiger partial charge in [-0.2, -0.15) is 0 Å².